The molecule has 0 aromatic heterocycles. The molecule has 19 heavy (non-hydrogen) atoms. The predicted octanol–water partition coefficient (Wildman–Crippen LogP) is 1.45. The molecule has 11 atom stereocenters. The highest BCUT2D eigenvalue weighted by molar-refractivity contribution is 14.1. The first kappa shape index (κ1) is 12.8. The fraction of sp³-hybridized carbons (Fsp3) is 1.00. The minimum absolute atomic E-state index is 0.411. The van der Waals surface area contributed by atoms with Gasteiger partial charge in [0.2, 0.25) is 0 Å². The Morgan fingerprint density at radius 1 is 1.21 bits per heavy atom. The van der Waals surface area contributed by atoms with Gasteiger partial charge in [-0.05, 0) is 59.7 Å². The van der Waals surface area contributed by atoms with Crippen LogP contribution in [0.2, 0.25) is 0 Å². The van der Waals surface area contributed by atoms with E-state index < -0.39 is 5.39 Å². The van der Waals surface area contributed by atoms with E-state index in [0.29, 0.717) is 12.0 Å². The minimum Gasteiger partial charge on any atom is -0.566 e. The van der Waals surface area contributed by atoms with Crippen molar-refractivity contribution in [1.29, 1.82) is 0 Å². The number of rotatable bonds is 4. The van der Waals surface area contributed by atoms with E-state index in [4.69, 9.17) is 10.0 Å². The lowest BCUT2D eigenvalue weighted by atomic mass is 9.62. The summed E-state index contributed by atoms with van der Waals surface area (Å²) in [5, 5.41) is 18.2. The maximum Gasteiger partial charge on any atom is 0.111 e. The Morgan fingerprint density at radius 2 is 2.00 bits per heavy atom. The van der Waals surface area contributed by atoms with E-state index in [9.17, 15) is 5.21 Å². The summed E-state index contributed by atoms with van der Waals surface area (Å²) in [6.07, 6.45) is 2.47. The molecule has 6 saturated carbocycles. The van der Waals surface area contributed by atoms with E-state index >= 15 is 0 Å². The molecule has 0 spiro atoms. The fourth-order valence-electron chi connectivity index (χ4n) is 7.50. The Morgan fingerprint density at radius 3 is 2.74 bits per heavy atom. The first-order valence-electron chi connectivity index (χ1n) is 7.23. The standard InChI is InChI=1S/C13H17I2NO3/c14-11-8-4-3-5-7-6(4)10(11)13(9(5)8,12(7)15)1-2-19-16(17)18/h4-12,16-17H,1-3H2/t4-,5+,6-,7-,8+,9-,10-,11+,12+,13-/m0/s1. The third-order valence-electron chi connectivity index (χ3n) is 7.33. The first-order chi connectivity index (χ1) is 9.09. The van der Waals surface area contributed by atoms with Gasteiger partial charge in [0.1, 0.15) is 6.61 Å². The molecule has 6 rings (SSSR count). The fourth-order valence-corrected chi connectivity index (χ4v) is 11.8. The van der Waals surface area contributed by atoms with Crippen molar-refractivity contribution < 1.29 is 15.4 Å². The number of nitrogens with one attached hydrogen (secondary N) is 1. The second-order valence-electron chi connectivity index (χ2n) is 7.17. The summed E-state index contributed by atoms with van der Waals surface area (Å²) in [4.78, 5) is 4.87. The smallest absolute Gasteiger partial charge is 0.111 e. The Kier molecular flexibility index (Phi) is 2.55. The van der Waals surface area contributed by atoms with Gasteiger partial charge in [0.05, 0.1) is 0 Å². The van der Waals surface area contributed by atoms with Crippen molar-refractivity contribution in [3.8, 4) is 0 Å². The van der Waals surface area contributed by atoms with Gasteiger partial charge in [-0.15, -0.1) is 0 Å². The number of quaternary nitrogens is 1. The zero-order valence-corrected chi connectivity index (χ0v) is 14.7. The molecule has 0 aromatic rings. The van der Waals surface area contributed by atoms with Crippen molar-refractivity contribution in [2.45, 2.75) is 20.7 Å². The van der Waals surface area contributed by atoms with Crippen molar-refractivity contribution in [3.63, 3.8) is 0 Å². The molecule has 6 aliphatic carbocycles. The summed E-state index contributed by atoms with van der Waals surface area (Å²) in [7, 11) is 0. The van der Waals surface area contributed by atoms with E-state index in [1.54, 1.807) is 0 Å². The minimum atomic E-state index is -1.11. The van der Waals surface area contributed by atoms with Crippen LogP contribution in [0, 0.1) is 52.0 Å². The van der Waals surface area contributed by atoms with Crippen LogP contribution in [0.25, 0.3) is 0 Å². The normalized spacial score (nSPS) is 67.9. The molecule has 106 valence electrons. The van der Waals surface area contributed by atoms with Gasteiger partial charge in [-0.25, -0.2) is 0 Å². The Labute approximate surface area is 139 Å². The highest BCUT2D eigenvalue weighted by Gasteiger charge is 2.87. The molecule has 2 N–H and O–H groups in total. The second-order valence-corrected chi connectivity index (χ2v) is 9.95. The van der Waals surface area contributed by atoms with Crippen LogP contribution in [0.1, 0.15) is 12.8 Å². The molecule has 0 heterocycles. The summed E-state index contributed by atoms with van der Waals surface area (Å²) >= 11 is 5.44. The number of hydrogen-bond donors (Lipinski definition) is 2. The average Bonchev–Trinajstić information content (AvgIpc) is 3.05. The molecule has 6 fully saturated rings. The van der Waals surface area contributed by atoms with E-state index in [1.165, 1.54) is 6.42 Å². The first-order valence-corrected chi connectivity index (χ1v) is 9.72. The van der Waals surface area contributed by atoms with Crippen molar-refractivity contribution in [2.75, 3.05) is 6.61 Å². The third-order valence-corrected chi connectivity index (χ3v) is 10.9. The van der Waals surface area contributed by atoms with Crippen LogP contribution in [0.5, 0.6) is 0 Å². The van der Waals surface area contributed by atoms with Crippen LogP contribution >= 0.6 is 45.2 Å². The maximum atomic E-state index is 10.6. The topological polar surface area (TPSA) is 57.0 Å². The van der Waals surface area contributed by atoms with Crippen LogP contribution in [-0.4, -0.2) is 19.7 Å². The molecule has 0 aliphatic heterocycles. The van der Waals surface area contributed by atoms with Crippen molar-refractivity contribution in [1.82, 2.24) is 0 Å². The lowest BCUT2D eigenvalue weighted by Gasteiger charge is -2.42. The summed E-state index contributed by atoms with van der Waals surface area (Å²) in [5.74, 6) is 6.68. The van der Waals surface area contributed by atoms with Crippen molar-refractivity contribution in [3.05, 3.63) is 5.21 Å². The Balaban J connectivity index is 1.51. The monoisotopic (exact) mass is 489 g/mol. The van der Waals surface area contributed by atoms with Crippen LogP contribution in [-0.2, 0) is 4.84 Å². The van der Waals surface area contributed by atoms with Gasteiger partial charge in [-0.1, -0.05) is 50.6 Å². The van der Waals surface area contributed by atoms with Crippen LogP contribution < -0.4 is 5.39 Å². The van der Waals surface area contributed by atoms with Crippen molar-refractivity contribution in [2.24, 2.45) is 46.8 Å². The van der Waals surface area contributed by atoms with Crippen LogP contribution in [0.3, 0.4) is 0 Å². The summed E-state index contributed by atoms with van der Waals surface area (Å²) in [5.41, 5.74) is 0.430. The van der Waals surface area contributed by atoms with Gasteiger partial charge < -0.3 is 5.21 Å². The second kappa shape index (κ2) is 3.79. The third kappa shape index (κ3) is 1.17. The largest absolute Gasteiger partial charge is 0.566 e. The molecule has 6 bridgehead atoms. The van der Waals surface area contributed by atoms with E-state index in [2.05, 4.69) is 45.2 Å². The quantitative estimate of drug-likeness (QED) is 0.358. The molecular formula is C13H17I2NO3. The van der Waals surface area contributed by atoms with Gasteiger partial charge in [-0.3, -0.25) is 0 Å². The molecule has 0 saturated heterocycles. The molecule has 1 unspecified atom stereocenters. The lowest BCUT2D eigenvalue weighted by Crippen LogP contribution is -3.03. The van der Waals surface area contributed by atoms with Gasteiger partial charge in [-0.2, -0.15) is 10.0 Å². The molecule has 6 heteroatoms. The Hall–Kier alpha value is 1.30. The highest BCUT2D eigenvalue weighted by atomic mass is 127. The van der Waals surface area contributed by atoms with Crippen molar-refractivity contribution >= 4 is 45.2 Å². The van der Waals surface area contributed by atoms with E-state index in [-0.39, 0.29) is 0 Å². The summed E-state index contributed by atoms with van der Waals surface area (Å²) in [6.45, 7) is 0.411. The summed E-state index contributed by atoms with van der Waals surface area (Å²) < 4.78 is 1.64. The summed E-state index contributed by atoms with van der Waals surface area (Å²) in [6, 6.07) is 0. The van der Waals surface area contributed by atoms with Gasteiger partial charge in [0, 0.05) is 7.85 Å². The molecule has 0 radical (unpaired) electrons. The lowest BCUT2D eigenvalue weighted by molar-refractivity contribution is -1.21. The van der Waals surface area contributed by atoms with Gasteiger partial charge in [0.15, 0.2) is 0 Å². The number of hydrogen-bond acceptors (Lipinski definition) is 3. The molecule has 0 amide bonds. The molecule has 6 aliphatic rings. The highest BCUT2D eigenvalue weighted by Crippen LogP contribution is 2.89. The molecule has 0 aromatic carbocycles. The van der Waals surface area contributed by atoms with Crippen LogP contribution in [0.4, 0.5) is 0 Å². The number of alkyl halides is 2. The molecule has 4 nitrogen and oxygen atoms in total. The SMILES string of the molecule is [O-][NH+](O)OCC[C@]12[C@@H]3[C@H](I)[C@@H]4[C@H]5C[C@H]([C@@H]([C@H]53)[C@H]1I)[C@@H]42. The van der Waals surface area contributed by atoms with Gasteiger partial charge >= 0.3 is 0 Å². The average molecular weight is 489 g/mol. The van der Waals surface area contributed by atoms with Gasteiger partial charge in [0.25, 0.3) is 0 Å². The molecular weight excluding hydrogens is 472 g/mol. The zero-order valence-electron chi connectivity index (χ0n) is 10.3. The Bertz CT molecular complexity index is 446. The van der Waals surface area contributed by atoms with E-state index in [0.717, 1.165) is 55.7 Å². The van der Waals surface area contributed by atoms with Crippen LogP contribution in [0.15, 0.2) is 0 Å². The van der Waals surface area contributed by atoms with E-state index in [1.807, 2.05) is 0 Å². The zero-order chi connectivity index (χ0) is 13.1. The predicted molar refractivity (Wildman–Crippen MR) is 83.8 cm³/mol. The maximum absolute atomic E-state index is 10.6. The number of halogens is 2.